The first-order valence-electron chi connectivity index (χ1n) is 7.07. The van der Waals surface area contributed by atoms with E-state index >= 15 is 0 Å². The van der Waals surface area contributed by atoms with Crippen LogP contribution in [0.2, 0.25) is 0 Å². The first kappa shape index (κ1) is 17.7. The van der Waals surface area contributed by atoms with Gasteiger partial charge in [-0.2, -0.15) is 13.2 Å². The number of aromatic hydroxyl groups is 1. The van der Waals surface area contributed by atoms with Gasteiger partial charge in [0.2, 0.25) is 0 Å². The van der Waals surface area contributed by atoms with Gasteiger partial charge in [-0.25, -0.2) is 0 Å². The van der Waals surface area contributed by atoms with Crippen LogP contribution >= 0.6 is 0 Å². The maximum atomic E-state index is 12.8. The summed E-state index contributed by atoms with van der Waals surface area (Å²) in [6, 6.07) is 8.23. The molecule has 0 bridgehead atoms. The summed E-state index contributed by atoms with van der Waals surface area (Å²) in [6.07, 6.45) is -4.45. The molecule has 2 aromatic carbocycles. The molecule has 7 heteroatoms. The Hall–Kier alpha value is -2.70. The lowest BCUT2D eigenvalue weighted by molar-refractivity contribution is -0.137. The summed E-state index contributed by atoms with van der Waals surface area (Å²) in [6.45, 7) is 1.56. The molecule has 0 aromatic heterocycles. The zero-order valence-electron chi connectivity index (χ0n) is 13.0. The lowest BCUT2D eigenvalue weighted by Gasteiger charge is -2.17. The third-order valence-corrected chi connectivity index (χ3v) is 3.51. The number of methoxy groups -OCH3 is 1. The fourth-order valence-corrected chi connectivity index (χ4v) is 2.17. The average Bonchev–Trinajstić information content (AvgIpc) is 2.53. The average molecular weight is 339 g/mol. The molecule has 0 radical (unpaired) electrons. The molecule has 1 atom stereocenters. The Morgan fingerprint density at radius 3 is 2.50 bits per heavy atom. The first-order chi connectivity index (χ1) is 11.2. The highest BCUT2D eigenvalue weighted by Crippen LogP contribution is 2.31. The molecular formula is C17H16F3NO3. The third kappa shape index (κ3) is 3.98. The molecule has 24 heavy (non-hydrogen) atoms. The van der Waals surface area contributed by atoms with Gasteiger partial charge in [-0.1, -0.05) is 12.1 Å². The predicted octanol–water partition coefficient (Wildman–Crippen LogP) is 3.91. The van der Waals surface area contributed by atoms with Crippen molar-refractivity contribution in [3.8, 4) is 11.5 Å². The van der Waals surface area contributed by atoms with E-state index in [1.807, 2.05) is 0 Å². The Morgan fingerprint density at radius 1 is 1.21 bits per heavy atom. The van der Waals surface area contributed by atoms with E-state index in [-0.39, 0.29) is 11.3 Å². The van der Waals surface area contributed by atoms with Crippen molar-refractivity contribution in [3.63, 3.8) is 0 Å². The maximum Gasteiger partial charge on any atom is 0.416 e. The number of halogens is 3. The van der Waals surface area contributed by atoms with Gasteiger partial charge in [0.25, 0.3) is 5.91 Å². The van der Waals surface area contributed by atoms with Crippen molar-refractivity contribution >= 4 is 5.91 Å². The van der Waals surface area contributed by atoms with Gasteiger partial charge in [-0.15, -0.1) is 0 Å². The summed E-state index contributed by atoms with van der Waals surface area (Å²) in [5.41, 5.74) is -0.464. The Balaban J connectivity index is 2.17. The summed E-state index contributed by atoms with van der Waals surface area (Å²) in [5.74, 6) is -0.488. The molecule has 0 aliphatic heterocycles. The lowest BCUT2D eigenvalue weighted by atomic mass is 10.0. The van der Waals surface area contributed by atoms with E-state index in [0.717, 1.165) is 12.1 Å². The van der Waals surface area contributed by atoms with Crippen molar-refractivity contribution in [1.29, 1.82) is 0 Å². The Morgan fingerprint density at radius 2 is 1.92 bits per heavy atom. The van der Waals surface area contributed by atoms with Crippen LogP contribution in [0.15, 0.2) is 42.5 Å². The van der Waals surface area contributed by atoms with Crippen LogP contribution in [0.1, 0.15) is 34.5 Å². The number of alkyl halides is 3. The van der Waals surface area contributed by atoms with E-state index in [4.69, 9.17) is 4.74 Å². The number of phenols is 1. The smallest absolute Gasteiger partial charge is 0.416 e. The standard InChI is InChI=1S/C17H16F3NO3/c1-10(11-4-3-5-12(8-11)17(18,19)20)21-16(23)14-7-6-13(24-2)9-15(14)22/h3-10,22H,1-2H3,(H,21,23)/t10-/m0/s1. The van der Waals surface area contributed by atoms with Crippen LogP contribution in [0.4, 0.5) is 13.2 Å². The summed E-state index contributed by atoms with van der Waals surface area (Å²) >= 11 is 0. The van der Waals surface area contributed by atoms with Crippen molar-refractivity contribution in [2.45, 2.75) is 19.1 Å². The molecule has 0 saturated heterocycles. The van der Waals surface area contributed by atoms with Crippen LogP contribution < -0.4 is 10.1 Å². The van der Waals surface area contributed by atoms with Crippen LogP contribution in [0.5, 0.6) is 11.5 Å². The number of nitrogens with one attached hydrogen (secondary N) is 1. The molecule has 0 aliphatic carbocycles. The van der Waals surface area contributed by atoms with Crippen molar-refractivity contribution < 1.29 is 27.8 Å². The second-order valence-electron chi connectivity index (χ2n) is 5.20. The molecule has 0 heterocycles. The summed E-state index contributed by atoms with van der Waals surface area (Å²) < 4.78 is 43.2. The number of hydrogen-bond donors (Lipinski definition) is 2. The van der Waals surface area contributed by atoms with Gasteiger partial charge in [0.1, 0.15) is 11.5 Å². The van der Waals surface area contributed by atoms with Gasteiger partial charge >= 0.3 is 6.18 Å². The quantitative estimate of drug-likeness (QED) is 0.888. The Bertz CT molecular complexity index is 744. The molecule has 0 spiro atoms. The van der Waals surface area contributed by atoms with Gasteiger partial charge in [0, 0.05) is 6.07 Å². The number of phenolic OH excluding ortho intramolecular Hbond substituents is 1. The third-order valence-electron chi connectivity index (χ3n) is 3.51. The predicted molar refractivity (Wildman–Crippen MR) is 82.0 cm³/mol. The molecule has 0 aliphatic rings. The number of carbonyl (C=O) groups is 1. The fourth-order valence-electron chi connectivity index (χ4n) is 2.17. The molecule has 2 N–H and O–H groups in total. The highest BCUT2D eigenvalue weighted by molar-refractivity contribution is 5.97. The molecule has 2 aromatic rings. The molecule has 4 nitrogen and oxygen atoms in total. The minimum atomic E-state index is -4.45. The molecule has 0 unspecified atom stereocenters. The SMILES string of the molecule is COc1ccc(C(=O)N[C@@H](C)c2cccc(C(F)(F)F)c2)c(O)c1. The molecule has 128 valence electrons. The van der Waals surface area contributed by atoms with E-state index in [0.29, 0.717) is 11.3 Å². The highest BCUT2D eigenvalue weighted by atomic mass is 19.4. The summed E-state index contributed by atoms with van der Waals surface area (Å²) in [4.78, 5) is 12.2. The van der Waals surface area contributed by atoms with Gasteiger partial charge in [0.05, 0.1) is 24.3 Å². The molecule has 1 amide bonds. The number of rotatable bonds is 4. The molecule has 0 fully saturated rings. The number of amides is 1. The monoisotopic (exact) mass is 339 g/mol. The molecule has 2 rings (SSSR count). The van der Waals surface area contributed by atoms with Crippen molar-refractivity contribution in [1.82, 2.24) is 5.32 Å². The zero-order chi connectivity index (χ0) is 17.9. The highest BCUT2D eigenvalue weighted by Gasteiger charge is 2.30. The second kappa shape index (κ2) is 6.82. The maximum absolute atomic E-state index is 12.8. The van der Waals surface area contributed by atoms with Crippen molar-refractivity contribution in [2.75, 3.05) is 7.11 Å². The van der Waals surface area contributed by atoms with Crippen LogP contribution in [0, 0.1) is 0 Å². The van der Waals surface area contributed by atoms with E-state index in [2.05, 4.69) is 5.32 Å². The van der Waals surface area contributed by atoms with Gasteiger partial charge in [-0.3, -0.25) is 4.79 Å². The van der Waals surface area contributed by atoms with Crippen LogP contribution in [0.3, 0.4) is 0 Å². The van der Waals surface area contributed by atoms with E-state index in [1.54, 1.807) is 6.92 Å². The van der Waals surface area contributed by atoms with Crippen LogP contribution in [-0.2, 0) is 6.18 Å². The number of benzene rings is 2. The van der Waals surface area contributed by atoms with E-state index in [1.165, 1.54) is 37.4 Å². The van der Waals surface area contributed by atoms with Gasteiger partial charge in [0.15, 0.2) is 0 Å². The number of carbonyl (C=O) groups excluding carboxylic acids is 1. The summed E-state index contributed by atoms with van der Waals surface area (Å²) in [7, 11) is 1.42. The Labute approximate surface area is 136 Å². The van der Waals surface area contributed by atoms with E-state index in [9.17, 15) is 23.1 Å². The minimum absolute atomic E-state index is 0.00891. The zero-order valence-corrected chi connectivity index (χ0v) is 13.0. The summed E-state index contributed by atoms with van der Waals surface area (Å²) in [5, 5.41) is 12.4. The Kier molecular flexibility index (Phi) is 5.02. The van der Waals surface area contributed by atoms with Crippen LogP contribution in [0.25, 0.3) is 0 Å². The minimum Gasteiger partial charge on any atom is -0.507 e. The molecular weight excluding hydrogens is 323 g/mol. The first-order valence-corrected chi connectivity index (χ1v) is 7.07. The van der Waals surface area contributed by atoms with Crippen molar-refractivity contribution in [2.24, 2.45) is 0 Å². The van der Waals surface area contributed by atoms with E-state index < -0.39 is 23.7 Å². The normalized spacial score (nSPS) is 12.5. The topological polar surface area (TPSA) is 58.6 Å². The fraction of sp³-hybridized carbons (Fsp3) is 0.235. The molecule has 0 saturated carbocycles. The van der Waals surface area contributed by atoms with Gasteiger partial charge in [-0.05, 0) is 36.8 Å². The van der Waals surface area contributed by atoms with Crippen molar-refractivity contribution in [3.05, 3.63) is 59.2 Å². The lowest BCUT2D eigenvalue weighted by Crippen LogP contribution is -2.27. The largest absolute Gasteiger partial charge is 0.507 e. The number of ether oxygens (including phenoxy) is 1. The second-order valence-corrected chi connectivity index (χ2v) is 5.20. The van der Waals surface area contributed by atoms with Crippen LogP contribution in [-0.4, -0.2) is 18.1 Å². The number of hydrogen-bond acceptors (Lipinski definition) is 3. The van der Waals surface area contributed by atoms with Gasteiger partial charge < -0.3 is 15.2 Å².